The van der Waals surface area contributed by atoms with Crippen molar-refractivity contribution in [3.8, 4) is 11.3 Å². The van der Waals surface area contributed by atoms with Gasteiger partial charge in [-0.3, -0.25) is 4.79 Å². The number of pyridine rings is 1. The molecule has 38 heavy (non-hydrogen) atoms. The number of carbonyl (C=O) groups is 1. The molecule has 3 aromatic heterocycles. The fraction of sp³-hybridized carbons (Fsp3) is 0.276. The molecule has 8 nitrogen and oxygen atoms in total. The summed E-state index contributed by atoms with van der Waals surface area (Å²) >= 11 is 0. The zero-order valence-electron chi connectivity index (χ0n) is 21.4. The first-order valence-electron chi connectivity index (χ1n) is 12.8. The molecule has 1 aliphatic rings. The minimum Gasteiger partial charge on any atom is -0.361 e. The molecule has 1 fully saturated rings. The van der Waals surface area contributed by atoms with Crippen molar-refractivity contribution < 1.29 is 13.2 Å². The maximum Gasteiger partial charge on any atom is 0.252 e. The molecule has 4 heterocycles. The summed E-state index contributed by atoms with van der Waals surface area (Å²) < 4.78 is 26.2. The van der Waals surface area contributed by atoms with Crippen molar-refractivity contribution in [2.24, 2.45) is 0 Å². The average molecular weight is 528 g/mol. The average Bonchev–Trinajstić information content (AvgIpc) is 3.58. The molecule has 0 aliphatic carbocycles. The second-order valence-corrected chi connectivity index (χ2v) is 12.3. The number of aromatic nitrogens is 4. The largest absolute Gasteiger partial charge is 0.361 e. The van der Waals surface area contributed by atoms with Crippen LogP contribution in [0.3, 0.4) is 0 Å². The summed E-state index contributed by atoms with van der Waals surface area (Å²) in [5.41, 5.74) is 6.59. The Morgan fingerprint density at radius 2 is 1.92 bits per heavy atom. The van der Waals surface area contributed by atoms with Crippen LogP contribution in [0.1, 0.15) is 39.6 Å². The van der Waals surface area contributed by atoms with Crippen LogP contribution in [-0.2, 0) is 16.3 Å². The molecule has 1 amide bonds. The van der Waals surface area contributed by atoms with E-state index in [9.17, 15) is 13.2 Å². The predicted octanol–water partition coefficient (Wildman–Crippen LogP) is 4.53. The highest BCUT2D eigenvalue weighted by atomic mass is 32.2. The fourth-order valence-corrected chi connectivity index (χ4v) is 7.02. The van der Waals surface area contributed by atoms with Crippen molar-refractivity contribution in [2.75, 3.05) is 18.1 Å². The monoisotopic (exact) mass is 527 g/mol. The van der Waals surface area contributed by atoms with Gasteiger partial charge in [-0.1, -0.05) is 48.0 Å². The van der Waals surface area contributed by atoms with Gasteiger partial charge in [0.05, 0.1) is 39.9 Å². The van der Waals surface area contributed by atoms with Crippen molar-refractivity contribution in [1.29, 1.82) is 0 Å². The van der Waals surface area contributed by atoms with Crippen molar-refractivity contribution in [2.45, 2.75) is 32.7 Å². The van der Waals surface area contributed by atoms with Crippen molar-refractivity contribution in [3.05, 3.63) is 83.2 Å². The van der Waals surface area contributed by atoms with Gasteiger partial charge in [0.1, 0.15) is 0 Å². The van der Waals surface area contributed by atoms with Crippen LogP contribution in [0.25, 0.3) is 33.2 Å². The van der Waals surface area contributed by atoms with Crippen molar-refractivity contribution in [1.82, 2.24) is 25.1 Å². The summed E-state index contributed by atoms with van der Waals surface area (Å²) in [6, 6.07) is 17.6. The van der Waals surface area contributed by atoms with E-state index in [2.05, 4.69) is 21.5 Å². The Morgan fingerprint density at radius 3 is 2.68 bits per heavy atom. The van der Waals surface area contributed by atoms with Crippen LogP contribution in [0.2, 0.25) is 0 Å². The molecular formula is C29H29N5O3S. The van der Waals surface area contributed by atoms with Crippen molar-refractivity contribution in [3.63, 3.8) is 0 Å². The highest BCUT2D eigenvalue weighted by Gasteiger charge is 2.32. The Hall–Kier alpha value is -3.98. The second-order valence-electron chi connectivity index (χ2n) is 10.1. The maximum atomic E-state index is 13.6. The lowest BCUT2D eigenvalue weighted by Gasteiger charge is -2.12. The van der Waals surface area contributed by atoms with Gasteiger partial charge in [-0.2, -0.15) is 5.10 Å². The first kappa shape index (κ1) is 24.4. The number of para-hydroxylation sites is 1. The van der Waals surface area contributed by atoms with Crippen LogP contribution in [0.15, 0.2) is 60.8 Å². The third kappa shape index (κ3) is 4.47. The second kappa shape index (κ2) is 9.40. The highest BCUT2D eigenvalue weighted by Crippen LogP contribution is 2.32. The van der Waals surface area contributed by atoms with Crippen LogP contribution < -0.4 is 5.32 Å². The summed E-state index contributed by atoms with van der Waals surface area (Å²) in [5, 5.41) is 9.59. The van der Waals surface area contributed by atoms with E-state index in [0.717, 1.165) is 27.6 Å². The quantitative estimate of drug-likeness (QED) is 0.337. The van der Waals surface area contributed by atoms with Crippen molar-refractivity contribution >= 4 is 37.7 Å². The van der Waals surface area contributed by atoms with Crippen LogP contribution in [0.5, 0.6) is 0 Å². The van der Waals surface area contributed by atoms with Gasteiger partial charge in [0.15, 0.2) is 15.5 Å². The molecule has 0 radical (unpaired) electrons. The zero-order chi connectivity index (χ0) is 26.4. The summed E-state index contributed by atoms with van der Waals surface area (Å²) in [7, 11) is -3.12. The molecule has 6 rings (SSSR count). The molecule has 1 atom stereocenters. The summed E-state index contributed by atoms with van der Waals surface area (Å²) in [6.07, 6.45) is 3.16. The summed E-state index contributed by atoms with van der Waals surface area (Å²) in [5.74, 6) is -0.0322. The summed E-state index contributed by atoms with van der Waals surface area (Å²) in [6.45, 7) is 4.34. The van der Waals surface area contributed by atoms with Crippen LogP contribution in [0, 0.1) is 13.8 Å². The van der Waals surface area contributed by atoms with E-state index in [0.29, 0.717) is 47.4 Å². The number of H-pyrrole nitrogens is 1. The number of aromatic amines is 1. The minimum atomic E-state index is -3.12. The fourth-order valence-electron chi connectivity index (χ4n) is 5.33. The van der Waals surface area contributed by atoms with Crippen LogP contribution in [0.4, 0.5) is 0 Å². The lowest BCUT2D eigenvalue weighted by atomic mass is 10.0. The number of sulfone groups is 1. The number of carbonyl (C=O) groups excluding carboxylic acids is 1. The molecule has 9 heteroatoms. The van der Waals surface area contributed by atoms with Gasteiger partial charge in [-0.05, 0) is 44.4 Å². The number of amides is 1. The third-order valence-electron chi connectivity index (χ3n) is 7.34. The van der Waals surface area contributed by atoms with E-state index >= 15 is 0 Å². The first-order valence-corrected chi connectivity index (χ1v) is 14.6. The molecule has 2 aromatic carbocycles. The van der Waals surface area contributed by atoms with Gasteiger partial charge in [0.25, 0.3) is 5.91 Å². The van der Waals surface area contributed by atoms with Gasteiger partial charge in [-0.25, -0.2) is 18.1 Å². The van der Waals surface area contributed by atoms with E-state index in [1.807, 2.05) is 68.6 Å². The summed E-state index contributed by atoms with van der Waals surface area (Å²) in [4.78, 5) is 21.8. The maximum absolute atomic E-state index is 13.6. The Kier molecular flexibility index (Phi) is 6.03. The number of rotatable bonds is 6. The van der Waals surface area contributed by atoms with Gasteiger partial charge in [0, 0.05) is 29.2 Å². The molecule has 194 valence electrons. The Balaban J connectivity index is 1.37. The van der Waals surface area contributed by atoms with E-state index < -0.39 is 9.84 Å². The number of hydrogen-bond acceptors (Lipinski definition) is 5. The Morgan fingerprint density at radius 1 is 1.13 bits per heavy atom. The number of nitrogens with zero attached hydrogens (tertiary/aromatic N) is 3. The van der Waals surface area contributed by atoms with Crippen LogP contribution in [-0.4, -0.2) is 52.1 Å². The number of benzene rings is 2. The lowest BCUT2D eigenvalue weighted by Crippen LogP contribution is -2.26. The highest BCUT2D eigenvalue weighted by molar-refractivity contribution is 7.91. The van der Waals surface area contributed by atoms with Crippen LogP contribution >= 0.6 is 0 Å². The van der Waals surface area contributed by atoms with E-state index in [4.69, 9.17) is 4.98 Å². The van der Waals surface area contributed by atoms with E-state index in [1.165, 1.54) is 0 Å². The predicted molar refractivity (Wildman–Crippen MR) is 149 cm³/mol. The number of nitrogens with one attached hydrogen (secondary N) is 2. The Bertz CT molecular complexity index is 1780. The molecule has 0 spiro atoms. The van der Waals surface area contributed by atoms with Gasteiger partial charge < -0.3 is 10.3 Å². The first-order chi connectivity index (χ1) is 18.3. The Labute approximate surface area is 221 Å². The standard InChI is InChI=1S/C29H29N5O3S/c1-18-7-9-20(10-8-18)26-15-24(29(35)30-13-11-21-16-31-25-6-4-3-5-23(21)25)27-19(2)33-34(28(27)32-26)22-12-14-38(36,37)17-22/h3-10,15-16,22,31H,11-14,17H2,1-2H3,(H,30,35). The third-order valence-corrected chi connectivity index (χ3v) is 9.09. The molecule has 1 unspecified atom stereocenters. The van der Waals surface area contributed by atoms with Gasteiger partial charge >= 0.3 is 0 Å². The number of aryl methyl sites for hydroxylation is 2. The molecule has 5 aromatic rings. The smallest absolute Gasteiger partial charge is 0.252 e. The molecule has 2 N–H and O–H groups in total. The van der Waals surface area contributed by atoms with Gasteiger partial charge in [-0.15, -0.1) is 0 Å². The zero-order valence-corrected chi connectivity index (χ0v) is 22.2. The molecular weight excluding hydrogens is 498 g/mol. The number of hydrogen-bond donors (Lipinski definition) is 2. The molecule has 0 bridgehead atoms. The molecule has 1 aliphatic heterocycles. The van der Waals surface area contributed by atoms with E-state index in [-0.39, 0.29) is 23.5 Å². The number of fused-ring (bicyclic) bond motifs is 2. The normalized spacial score (nSPS) is 16.8. The molecule has 1 saturated heterocycles. The minimum absolute atomic E-state index is 0.0335. The topological polar surface area (TPSA) is 110 Å². The SMILES string of the molecule is Cc1ccc(-c2cc(C(=O)NCCc3c[nH]c4ccccc34)c3c(C)nn(C4CCS(=O)(=O)C4)c3n2)cc1. The lowest BCUT2D eigenvalue weighted by molar-refractivity contribution is 0.0955. The van der Waals surface area contributed by atoms with Gasteiger partial charge in [0.2, 0.25) is 0 Å². The molecule has 0 saturated carbocycles. The van der Waals surface area contributed by atoms with E-state index in [1.54, 1.807) is 4.68 Å².